The van der Waals surface area contributed by atoms with E-state index in [4.69, 9.17) is 0 Å². The van der Waals surface area contributed by atoms with E-state index in [2.05, 4.69) is 81.4 Å². The van der Waals surface area contributed by atoms with Gasteiger partial charge in [-0.3, -0.25) is 0 Å². The normalized spacial score (nSPS) is 13.5. The summed E-state index contributed by atoms with van der Waals surface area (Å²) in [6.45, 7) is 6.83. The molecule has 114 valence electrons. The molecule has 0 heteroatoms. The molecule has 0 fully saturated rings. The Labute approximate surface area is 138 Å². The maximum Gasteiger partial charge on any atom is -0.00524 e. The summed E-state index contributed by atoms with van der Waals surface area (Å²) in [5.41, 5.74) is 8.60. The van der Waals surface area contributed by atoms with Gasteiger partial charge in [-0.05, 0) is 63.9 Å². The molecule has 3 aromatic carbocycles. The van der Waals surface area contributed by atoms with E-state index in [0.717, 1.165) is 6.42 Å². The predicted molar refractivity (Wildman–Crippen MR) is 101 cm³/mol. The first-order chi connectivity index (χ1) is 11.1. The van der Waals surface area contributed by atoms with E-state index < -0.39 is 0 Å². The molecule has 3 aromatic rings. The molecule has 0 amide bonds. The fourth-order valence-electron chi connectivity index (χ4n) is 3.59. The van der Waals surface area contributed by atoms with Crippen LogP contribution < -0.4 is 0 Å². The Morgan fingerprint density at radius 2 is 1.65 bits per heavy atom. The molecule has 0 N–H and O–H groups in total. The second-order valence-corrected chi connectivity index (χ2v) is 6.93. The molecule has 0 radical (unpaired) electrons. The van der Waals surface area contributed by atoms with Crippen molar-refractivity contribution in [2.24, 2.45) is 5.92 Å². The standard InChI is InChI=1S/C23H22/c1-15(2)20-13-22-16(3)8-11-21(23(22)14-20)19-10-9-17-6-4-5-7-18(17)12-19/h4-12,14-15H,13H2,1-3H3. The molecule has 0 heterocycles. The Hall–Kier alpha value is -2.34. The number of fused-ring (bicyclic) bond motifs is 2. The lowest BCUT2D eigenvalue weighted by atomic mass is 9.93. The summed E-state index contributed by atoms with van der Waals surface area (Å²) in [4.78, 5) is 0. The molecular weight excluding hydrogens is 276 g/mol. The van der Waals surface area contributed by atoms with Crippen LogP contribution in [0.2, 0.25) is 0 Å². The molecular formula is C23H22. The molecule has 0 aromatic heterocycles. The van der Waals surface area contributed by atoms with Crippen molar-refractivity contribution >= 4 is 16.8 Å². The third-order valence-corrected chi connectivity index (χ3v) is 5.10. The summed E-state index contributed by atoms with van der Waals surface area (Å²) in [7, 11) is 0. The molecule has 1 aliphatic rings. The molecule has 0 atom stereocenters. The number of hydrogen-bond acceptors (Lipinski definition) is 0. The van der Waals surface area contributed by atoms with Crippen LogP contribution in [0.15, 0.2) is 60.2 Å². The highest BCUT2D eigenvalue weighted by atomic mass is 14.2. The minimum absolute atomic E-state index is 0.617. The Bertz CT molecular complexity index is 926. The van der Waals surface area contributed by atoms with Crippen molar-refractivity contribution in [3.05, 3.63) is 76.9 Å². The highest BCUT2D eigenvalue weighted by Crippen LogP contribution is 2.38. The summed E-state index contributed by atoms with van der Waals surface area (Å²) in [5.74, 6) is 0.617. The zero-order valence-corrected chi connectivity index (χ0v) is 14.1. The van der Waals surface area contributed by atoms with Gasteiger partial charge in [0.1, 0.15) is 0 Å². The van der Waals surface area contributed by atoms with E-state index in [0.29, 0.717) is 5.92 Å². The highest BCUT2D eigenvalue weighted by Gasteiger charge is 2.20. The predicted octanol–water partition coefficient (Wildman–Crippen LogP) is 6.41. The van der Waals surface area contributed by atoms with Crippen molar-refractivity contribution in [3.8, 4) is 11.1 Å². The topological polar surface area (TPSA) is 0 Å². The van der Waals surface area contributed by atoms with Gasteiger partial charge in [0.05, 0.1) is 0 Å². The fourth-order valence-corrected chi connectivity index (χ4v) is 3.59. The van der Waals surface area contributed by atoms with Crippen LogP contribution in [-0.4, -0.2) is 0 Å². The van der Waals surface area contributed by atoms with Crippen molar-refractivity contribution < 1.29 is 0 Å². The Kier molecular flexibility index (Phi) is 3.34. The van der Waals surface area contributed by atoms with Crippen molar-refractivity contribution in [2.75, 3.05) is 0 Å². The van der Waals surface area contributed by atoms with Gasteiger partial charge < -0.3 is 0 Å². The zero-order chi connectivity index (χ0) is 16.0. The summed E-state index contributed by atoms with van der Waals surface area (Å²) in [5, 5.41) is 2.61. The SMILES string of the molecule is Cc1ccc(-c2ccc3ccccc3c2)c2c1CC(C(C)C)=C2. The van der Waals surface area contributed by atoms with Gasteiger partial charge in [0, 0.05) is 0 Å². The molecule has 23 heavy (non-hydrogen) atoms. The molecule has 0 unspecified atom stereocenters. The smallest absolute Gasteiger partial charge is 0.00524 e. The van der Waals surface area contributed by atoms with Gasteiger partial charge in [0.15, 0.2) is 0 Å². The number of aryl methyl sites for hydroxylation is 1. The van der Waals surface area contributed by atoms with E-state index in [1.807, 2.05) is 0 Å². The van der Waals surface area contributed by atoms with Gasteiger partial charge in [-0.2, -0.15) is 0 Å². The molecule has 0 nitrogen and oxygen atoms in total. The van der Waals surface area contributed by atoms with E-state index in [-0.39, 0.29) is 0 Å². The third-order valence-electron chi connectivity index (χ3n) is 5.10. The molecule has 0 spiro atoms. The van der Waals surface area contributed by atoms with Crippen LogP contribution in [-0.2, 0) is 6.42 Å². The van der Waals surface area contributed by atoms with Crippen molar-refractivity contribution in [3.63, 3.8) is 0 Å². The zero-order valence-electron chi connectivity index (χ0n) is 14.1. The van der Waals surface area contributed by atoms with Crippen LogP contribution in [0, 0.1) is 12.8 Å². The average Bonchev–Trinajstić information content (AvgIpc) is 3.01. The third kappa shape index (κ3) is 2.39. The van der Waals surface area contributed by atoms with Crippen LogP contribution in [0.25, 0.3) is 28.0 Å². The lowest BCUT2D eigenvalue weighted by Crippen LogP contribution is -1.95. The van der Waals surface area contributed by atoms with Crippen molar-refractivity contribution in [2.45, 2.75) is 27.2 Å². The second-order valence-electron chi connectivity index (χ2n) is 6.93. The molecule has 1 aliphatic carbocycles. The van der Waals surface area contributed by atoms with Gasteiger partial charge in [-0.1, -0.05) is 74.0 Å². The number of allylic oxidation sites excluding steroid dienone is 1. The number of benzene rings is 3. The summed E-state index contributed by atoms with van der Waals surface area (Å²) in [6, 6.07) is 20.0. The minimum Gasteiger partial charge on any atom is -0.0626 e. The Morgan fingerprint density at radius 3 is 2.43 bits per heavy atom. The molecule has 0 aliphatic heterocycles. The van der Waals surface area contributed by atoms with Crippen LogP contribution in [0.1, 0.15) is 30.5 Å². The maximum atomic E-state index is 2.43. The Morgan fingerprint density at radius 1 is 0.870 bits per heavy atom. The van der Waals surface area contributed by atoms with Crippen LogP contribution >= 0.6 is 0 Å². The van der Waals surface area contributed by atoms with Crippen LogP contribution in [0.5, 0.6) is 0 Å². The molecule has 0 saturated heterocycles. The van der Waals surface area contributed by atoms with E-state index in [1.165, 1.54) is 38.6 Å². The lowest BCUT2D eigenvalue weighted by Gasteiger charge is -2.12. The monoisotopic (exact) mass is 298 g/mol. The maximum absolute atomic E-state index is 2.43. The molecule has 0 bridgehead atoms. The number of hydrogen-bond donors (Lipinski definition) is 0. The van der Waals surface area contributed by atoms with E-state index >= 15 is 0 Å². The lowest BCUT2D eigenvalue weighted by molar-refractivity contribution is 0.754. The van der Waals surface area contributed by atoms with Gasteiger partial charge >= 0.3 is 0 Å². The molecule has 4 rings (SSSR count). The first kappa shape index (κ1) is 14.3. The molecule has 0 saturated carbocycles. The quantitative estimate of drug-likeness (QED) is 0.512. The highest BCUT2D eigenvalue weighted by molar-refractivity contribution is 5.90. The largest absolute Gasteiger partial charge is 0.0626 e. The van der Waals surface area contributed by atoms with Crippen LogP contribution in [0.4, 0.5) is 0 Å². The number of rotatable bonds is 2. The van der Waals surface area contributed by atoms with Gasteiger partial charge in [-0.15, -0.1) is 0 Å². The Balaban J connectivity index is 1.91. The first-order valence-electron chi connectivity index (χ1n) is 8.45. The fraction of sp³-hybridized carbons (Fsp3) is 0.217. The summed E-state index contributed by atoms with van der Waals surface area (Å²) >= 11 is 0. The van der Waals surface area contributed by atoms with E-state index in [1.54, 1.807) is 5.57 Å². The van der Waals surface area contributed by atoms with Gasteiger partial charge in [0.25, 0.3) is 0 Å². The van der Waals surface area contributed by atoms with Crippen LogP contribution in [0.3, 0.4) is 0 Å². The average molecular weight is 298 g/mol. The van der Waals surface area contributed by atoms with Gasteiger partial charge in [-0.25, -0.2) is 0 Å². The summed E-state index contributed by atoms with van der Waals surface area (Å²) in [6.07, 6.45) is 3.54. The van der Waals surface area contributed by atoms with Crippen molar-refractivity contribution in [1.29, 1.82) is 0 Å². The van der Waals surface area contributed by atoms with Crippen molar-refractivity contribution in [1.82, 2.24) is 0 Å². The minimum atomic E-state index is 0.617. The first-order valence-corrected chi connectivity index (χ1v) is 8.45. The second kappa shape index (κ2) is 5.38. The summed E-state index contributed by atoms with van der Waals surface area (Å²) < 4.78 is 0. The van der Waals surface area contributed by atoms with Gasteiger partial charge in [0.2, 0.25) is 0 Å². The van der Waals surface area contributed by atoms with E-state index in [9.17, 15) is 0 Å².